The number of alkyl halides is 2. The van der Waals surface area contributed by atoms with E-state index in [0.717, 1.165) is 17.6 Å². The third kappa shape index (κ3) is 3.20. The molecule has 0 radical (unpaired) electrons. The van der Waals surface area contributed by atoms with Gasteiger partial charge in [-0.15, -0.1) is 0 Å². The van der Waals surface area contributed by atoms with E-state index in [1.807, 2.05) is 13.8 Å². The summed E-state index contributed by atoms with van der Waals surface area (Å²) in [6.07, 6.45) is 1.45. The molecule has 0 aromatic carbocycles. The van der Waals surface area contributed by atoms with E-state index in [9.17, 15) is 26.6 Å². The fraction of sp³-hybridized carbons (Fsp3) is 0.947. The van der Waals surface area contributed by atoms with Crippen LogP contribution in [0.1, 0.15) is 60.3 Å². The molecule has 2 saturated carbocycles. The molecule has 1 heterocycles. The van der Waals surface area contributed by atoms with Crippen molar-refractivity contribution in [3.05, 3.63) is 0 Å². The number of rotatable bonds is 8. The Hall–Kier alpha value is -0.570. The van der Waals surface area contributed by atoms with E-state index in [0.29, 0.717) is 18.8 Å². The van der Waals surface area contributed by atoms with E-state index in [-0.39, 0.29) is 24.4 Å². The zero-order valence-corrected chi connectivity index (χ0v) is 19.9. The highest BCUT2D eigenvalue weighted by Gasteiger charge is 2.72. The van der Waals surface area contributed by atoms with Crippen molar-refractivity contribution in [2.75, 3.05) is 19.0 Å². The molecule has 0 N–H and O–H groups in total. The minimum absolute atomic E-state index is 0.124. The second-order valence-corrected chi connectivity index (χ2v) is 13.3. The van der Waals surface area contributed by atoms with Gasteiger partial charge in [0.05, 0.1) is 25.0 Å². The van der Waals surface area contributed by atoms with E-state index in [2.05, 4.69) is 0 Å². The minimum atomic E-state index is -4.81. The van der Waals surface area contributed by atoms with Gasteiger partial charge in [0.2, 0.25) is 15.9 Å². The van der Waals surface area contributed by atoms with Gasteiger partial charge < -0.3 is 9.05 Å². The predicted octanol–water partition coefficient (Wildman–Crippen LogP) is 4.24. The Balaban J connectivity index is 1.85. The van der Waals surface area contributed by atoms with Gasteiger partial charge in [0.15, 0.2) is 0 Å². The van der Waals surface area contributed by atoms with Gasteiger partial charge in [-0.25, -0.2) is 12.7 Å². The van der Waals surface area contributed by atoms with Crippen molar-refractivity contribution >= 4 is 23.5 Å². The number of hydrogen-bond donors (Lipinski definition) is 0. The lowest BCUT2D eigenvalue weighted by atomic mass is 9.69. The summed E-state index contributed by atoms with van der Waals surface area (Å²) in [4.78, 5) is 13.0. The van der Waals surface area contributed by atoms with Crippen molar-refractivity contribution in [1.29, 1.82) is 0 Å². The molecule has 1 spiro atoms. The summed E-state index contributed by atoms with van der Waals surface area (Å²) in [6.45, 7) is 7.53. The summed E-state index contributed by atoms with van der Waals surface area (Å²) in [5, 5.41) is 0. The first kappa shape index (κ1) is 24.1. The van der Waals surface area contributed by atoms with Gasteiger partial charge in [-0.2, -0.15) is 8.78 Å². The fourth-order valence-electron chi connectivity index (χ4n) is 5.91. The second-order valence-electron chi connectivity index (χ2n) is 9.34. The maximum Gasteiger partial charge on any atom is 0.399 e. The van der Waals surface area contributed by atoms with Crippen LogP contribution in [0, 0.1) is 22.7 Å². The molecule has 3 fully saturated rings. The lowest BCUT2D eigenvalue weighted by molar-refractivity contribution is -0.132. The third-order valence-corrected chi connectivity index (χ3v) is 12.0. The maximum atomic E-state index is 15.0. The summed E-state index contributed by atoms with van der Waals surface area (Å²) in [5.74, 6) is -2.40. The third-order valence-electron chi connectivity index (χ3n) is 7.69. The second kappa shape index (κ2) is 7.49. The smallest absolute Gasteiger partial charge is 0.305 e. The number of carbonyl (C=O) groups excluding carboxylic acids is 1. The first-order chi connectivity index (χ1) is 13.7. The SMILES string of the molecule is CCOP(=O)(OCC)C(F)(F)[C@@H](C)CC(=O)N1[C@@H]2C[C@@H]3CC[C@@]2(CS1(=O)=O)C3(C)C. The van der Waals surface area contributed by atoms with Crippen molar-refractivity contribution in [3.63, 3.8) is 0 Å². The molecule has 4 atom stereocenters. The summed E-state index contributed by atoms with van der Waals surface area (Å²) in [5.41, 5.74) is -4.68. The van der Waals surface area contributed by atoms with Gasteiger partial charge in [0.25, 0.3) is 0 Å². The molecular formula is C19H32F2NO6PS. The van der Waals surface area contributed by atoms with E-state index in [1.165, 1.54) is 13.8 Å². The van der Waals surface area contributed by atoms with Crippen LogP contribution in [0.4, 0.5) is 8.78 Å². The van der Waals surface area contributed by atoms with Crippen molar-refractivity contribution in [3.8, 4) is 0 Å². The van der Waals surface area contributed by atoms with E-state index in [1.54, 1.807) is 0 Å². The standard InChI is InChI=1S/C19H32F2NO6PS/c1-6-27-29(24,28-7-2)19(20,21)13(3)10-16(23)22-15-11-14-8-9-18(15,17(14,4)5)12-30(22,25)26/h13-15H,6-12H2,1-5H3/t13-,14-,15+,18-/m0/s1. The van der Waals surface area contributed by atoms with Gasteiger partial charge in [0.1, 0.15) is 0 Å². The Labute approximate surface area is 177 Å². The van der Waals surface area contributed by atoms with Crippen LogP contribution in [0.2, 0.25) is 0 Å². The first-order valence-corrected chi connectivity index (χ1v) is 13.7. The molecule has 3 rings (SSSR count). The molecule has 0 aromatic heterocycles. The van der Waals surface area contributed by atoms with Gasteiger partial charge in [0, 0.05) is 17.8 Å². The average molecular weight is 472 g/mol. The van der Waals surface area contributed by atoms with Crippen LogP contribution < -0.4 is 0 Å². The van der Waals surface area contributed by atoms with Crippen LogP contribution in [-0.4, -0.2) is 49.3 Å². The number of nitrogens with zero attached hydrogens (tertiary/aromatic N) is 1. The van der Waals surface area contributed by atoms with E-state index in [4.69, 9.17) is 9.05 Å². The van der Waals surface area contributed by atoms with Crippen LogP contribution in [-0.2, 0) is 28.4 Å². The number of fused-ring (bicyclic) bond motifs is 1. The van der Waals surface area contributed by atoms with Crippen LogP contribution in [0.15, 0.2) is 0 Å². The topological polar surface area (TPSA) is 90.0 Å². The van der Waals surface area contributed by atoms with Gasteiger partial charge in [-0.1, -0.05) is 20.8 Å². The summed E-state index contributed by atoms with van der Waals surface area (Å²) >= 11 is 0. The summed E-state index contributed by atoms with van der Waals surface area (Å²) < 4.78 is 78.9. The summed E-state index contributed by atoms with van der Waals surface area (Å²) in [7, 11) is -8.71. The van der Waals surface area contributed by atoms with Crippen LogP contribution in [0.5, 0.6) is 0 Å². The first-order valence-electron chi connectivity index (χ1n) is 10.5. The molecule has 11 heteroatoms. The van der Waals surface area contributed by atoms with E-state index >= 15 is 0 Å². The van der Waals surface area contributed by atoms with Crippen LogP contribution in [0.3, 0.4) is 0 Å². The van der Waals surface area contributed by atoms with Crippen molar-refractivity contribution in [2.45, 2.75) is 72.0 Å². The number of halogens is 2. The number of sulfonamides is 1. The van der Waals surface area contributed by atoms with Crippen molar-refractivity contribution in [1.82, 2.24) is 4.31 Å². The Morgan fingerprint density at radius 2 is 1.83 bits per heavy atom. The number of hydrogen-bond acceptors (Lipinski definition) is 6. The number of amides is 1. The van der Waals surface area contributed by atoms with Crippen molar-refractivity contribution < 1.29 is 35.6 Å². The molecule has 30 heavy (non-hydrogen) atoms. The van der Waals surface area contributed by atoms with E-state index < -0.39 is 53.0 Å². The molecule has 2 bridgehead atoms. The van der Waals surface area contributed by atoms with Crippen LogP contribution in [0.25, 0.3) is 0 Å². The highest BCUT2D eigenvalue weighted by Crippen LogP contribution is 2.70. The molecular weight excluding hydrogens is 439 g/mol. The molecule has 1 saturated heterocycles. The molecule has 0 unspecified atom stereocenters. The molecule has 2 aliphatic carbocycles. The minimum Gasteiger partial charge on any atom is -0.305 e. The number of carbonyl (C=O) groups is 1. The molecule has 3 aliphatic rings. The Morgan fingerprint density at radius 1 is 1.27 bits per heavy atom. The molecule has 7 nitrogen and oxygen atoms in total. The average Bonchev–Trinajstić information content (AvgIpc) is 3.09. The monoisotopic (exact) mass is 471 g/mol. The van der Waals surface area contributed by atoms with Gasteiger partial charge >= 0.3 is 13.3 Å². The van der Waals surface area contributed by atoms with Crippen molar-refractivity contribution in [2.24, 2.45) is 22.7 Å². The highest BCUT2D eigenvalue weighted by atomic mass is 32.2. The molecule has 174 valence electrons. The van der Waals surface area contributed by atoms with Gasteiger partial charge in [-0.05, 0) is 44.4 Å². The quantitative estimate of drug-likeness (QED) is 0.492. The molecule has 1 amide bonds. The molecule has 0 aromatic rings. The Morgan fingerprint density at radius 3 is 2.33 bits per heavy atom. The largest absolute Gasteiger partial charge is 0.399 e. The zero-order valence-electron chi connectivity index (χ0n) is 18.2. The lowest BCUT2D eigenvalue weighted by Crippen LogP contribution is -2.45. The van der Waals surface area contributed by atoms with Crippen LogP contribution >= 0.6 is 7.60 Å². The summed E-state index contributed by atoms with van der Waals surface area (Å²) in [6, 6.07) is -0.491. The Bertz CT molecular complexity index is 853. The fourth-order valence-corrected chi connectivity index (χ4v) is 10.2. The molecule has 1 aliphatic heterocycles. The predicted molar refractivity (Wildman–Crippen MR) is 108 cm³/mol. The normalized spacial score (nSPS) is 33.0. The lowest BCUT2D eigenvalue weighted by Gasteiger charge is -2.37. The highest BCUT2D eigenvalue weighted by molar-refractivity contribution is 7.90. The zero-order chi connectivity index (χ0) is 22.8. The van der Waals surface area contributed by atoms with Gasteiger partial charge in [-0.3, -0.25) is 9.36 Å². The maximum absolute atomic E-state index is 15.0. The Kier molecular flexibility index (Phi) is 6.01.